The van der Waals surface area contributed by atoms with E-state index in [1.165, 1.54) is 27.6 Å². The minimum absolute atomic E-state index is 0.533. The topological polar surface area (TPSA) is 38.7 Å². The number of benzene rings is 3. The van der Waals surface area contributed by atoms with Crippen molar-refractivity contribution < 1.29 is 0 Å². The summed E-state index contributed by atoms with van der Waals surface area (Å²) in [6.45, 7) is 0. The van der Waals surface area contributed by atoms with Gasteiger partial charge in [0.15, 0.2) is 0 Å². The predicted molar refractivity (Wildman–Crippen MR) is 131 cm³/mol. The number of pyridine rings is 3. The molecule has 3 nitrogen and oxygen atoms in total. The van der Waals surface area contributed by atoms with Gasteiger partial charge in [-0.25, -0.2) is 0 Å². The first-order valence-corrected chi connectivity index (χ1v) is 11.2. The molecule has 0 N–H and O–H groups in total. The van der Waals surface area contributed by atoms with E-state index in [0.29, 0.717) is 0 Å². The second kappa shape index (κ2) is 5.90. The van der Waals surface area contributed by atoms with Crippen molar-refractivity contribution in [3.8, 4) is 22.4 Å². The lowest BCUT2D eigenvalue weighted by Crippen LogP contribution is -2.33. The summed E-state index contributed by atoms with van der Waals surface area (Å²) in [5.41, 5.74) is 9.85. The van der Waals surface area contributed by atoms with Gasteiger partial charge in [0.1, 0.15) is 0 Å². The first kappa shape index (κ1) is 17.2. The van der Waals surface area contributed by atoms with Gasteiger partial charge in [-0.05, 0) is 45.8 Å². The Morgan fingerprint density at radius 2 is 1.30 bits per heavy atom. The molecule has 0 bridgehead atoms. The lowest BCUT2D eigenvalue weighted by Gasteiger charge is -2.38. The van der Waals surface area contributed by atoms with Gasteiger partial charge in [0.2, 0.25) is 0 Å². The second-order valence-corrected chi connectivity index (χ2v) is 8.82. The number of aromatic nitrogens is 3. The van der Waals surface area contributed by atoms with Gasteiger partial charge in [-0.3, -0.25) is 15.0 Å². The lowest BCUT2D eigenvalue weighted by molar-refractivity contribution is 0.739. The van der Waals surface area contributed by atoms with E-state index in [1.54, 1.807) is 0 Å². The van der Waals surface area contributed by atoms with E-state index in [2.05, 4.69) is 89.9 Å². The van der Waals surface area contributed by atoms with Crippen molar-refractivity contribution in [1.29, 1.82) is 0 Å². The average Bonchev–Trinajstić information content (AvgIpc) is 3.18. The van der Waals surface area contributed by atoms with Gasteiger partial charge in [-0.15, -0.1) is 0 Å². The van der Waals surface area contributed by atoms with Crippen molar-refractivity contribution in [2.24, 2.45) is 0 Å². The Balaban J connectivity index is 1.71. The number of para-hydroxylation sites is 1. The molecule has 2 aliphatic rings. The molecule has 0 amide bonds. The molecule has 3 aromatic carbocycles. The Hall–Kier alpha value is -4.37. The number of nitrogens with zero attached hydrogens (tertiary/aromatic N) is 3. The Morgan fingerprint density at radius 3 is 2.12 bits per heavy atom. The summed E-state index contributed by atoms with van der Waals surface area (Å²) in [6, 6.07) is 30.2. The van der Waals surface area contributed by atoms with Crippen LogP contribution in [0, 0.1) is 0 Å². The molecule has 0 radical (unpaired) electrons. The molecule has 0 fully saturated rings. The van der Waals surface area contributed by atoms with Crippen molar-refractivity contribution in [1.82, 2.24) is 15.0 Å². The molecule has 3 heteroatoms. The summed E-state index contributed by atoms with van der Waals surface area (Å²) in [5.74, 6) is 0. The third-order valence-corrected chi connectivity index (χ3v) is 7.40. The maximum atomic E-state index is 5.40. The Morgan fingerprint density at radius 1 is 0.576 bits per heavy atom. The second-order valence-electron chi connectivity index (χ2n) is 8.82. The fourth-order valence-electron chi connectivity index (χ4n) is 6.18. The molecular weight excluding hydrogens is 402 g/mol. The van der Waals surface area contributed by atoms with E-state index in [9.17, 15) is 0 Å². The van der Waals surface area contributed by atoms with Gasteiger partial charge in [-0.2, -0.15) is 0 Å². The summed E-state index contributed by atoms with van der Waals surface area (Å²) in [4.78, 5) is 14.9. The Kier molecular flexibility index (Phi) is 3.08. The molecule has 6 aromatic rings. The molecule has 8 rings (SSSR count). The number of hydrogen-bond acceptors (Lipinski definition) is 3. The maximum absolute atomic E-state index is 5.40. The minimum atomic E-state index is -0.533. The van der Waals surface area contributed by atoms with Crippen LogP contribution in [0.25, 0.3) is 44.1 Å². The van der Waals surface area contributed by atoms with E-state index in [1.807, 2.05) is 18.6 Å². The minimum Gasteiger partial charge on any atom is -0.264 e. The highest BCUT2D eigenvalue weighted by atomic mass is 14.8. The van der Waals surface area contributed by atoms with Crippen molar-refractivity contribution >= 4 is 21.7 Å². The monoisotopic (exact) mass is 419 g/mol. The molecule has 3 heterocycles. The molecule has 0 atom stereocenters. The largest absolute Gasteiger partial charge is 0.264 e. The molecule has 33 heavy (non-hydrogen) atoms. The summed E-state index contributed by atoms with van der Waals surface area (Å²) in [6.07, 6.45) is 5.82. The van der Waals surface area contributed by atoms with Crippen LogP contribution in [0.3, 0.4) is 0 Å². The first-order valence-electron chi connectivity index (χ1n) is 11.2. The smallest absolute Gasteiger partial charge is 0.0914 e. The summed E-state index contributed by atoms with van der Waals surface area (Å²) >= 11 is 0. The van der Waals surface area contributed by atoms with Crippen molar-refractivity contribution in [3.63, 3.8) is 0 Å². The van der Waals surface area contributed by atoms with Crippen LogP contribution in [0.15, 0.2) is 104 Å². The number of fused-ring (bicyclic) bond motifs is 11. The maximum Gasteiger partial charge on any atom is 0.0914 e. The summed E-state index contributed by atoms with van der Waals surface area (Å²) < 4.78 is 0. The SMILES string of the molecule is c1ccc2c(c1)-c1ccccc1C21c2cnccc2-c2nccc3c2c1nc1ccccc13. The van der Waals surface area contributed by atoms with Crippen molar-refractivity contribution in [3.05, 3.63) is 126 Å². The zero-order valence-electron chi connectivity index (χ0n) is 17.7. The molecule has 2 aliphatic carbocycles. The van der Waals surface area contributed by atoms with Crippen LogP contribution in [0.1, 0.15) is 22.4 Å². The fourth-order valence-corrected chi connectivity index (χ4v) is 6.18. The summed E-state index contributed by atoms with van der Waals surface area (Å²) in [7, 11) is 0. The van der Waals surface area contributed by atoms with Gasteiger partial charge < -0.3 is 0 Å². The van der Waals surface area contributed by atoms with Crippen LogP contribution in [-0.2, 0) is 5.41 Å². The van der Waals surface area contributed by atoms with Gasteiger partial charge in [0.05, 0.1) is 22.3 Å². The average molecular weight is 419 g/mol. The normalized spacial score (nSPS) is 14.3. The highest BCUT2D eigenvalue weighted by Gasteiger charge is 2.51. The summed E-state index contributed by atoms with van der Waals surface area (Å²) in [5, 5.41) is 3.50. The van der Waals surface area contributed by atoms with E-state index in [0.717, 1.165) is 38.8 Å². The fraction of sp³-hybridized carbons (Fsp3) is 0.0333. The van der Waals surface area contributed by atoms with Gasteiger partial charge >= 0.3 is 0 Å². The number of hydrogen-bond donors (Lipinski definition) is 0. The highest BCUT2D eigenvalue weighted by Crippen LogP contribution is 2.60. The zero-order valence-corrected chi connectivity index (χ0v) is 17.7. The standard InChI is InChI=1S/C30H17N3/c1-4-10-23-18(7-1)19-8-2-5-11-24(19)30(23)25-17-31-15-13-22(25)28-27-21(14-16-32-28)20-9-3-6-12-26(20)33-29(27)30/h1-17H. The van der Waals surface area contributed by atoms with Crippen LogP contribution >= 0.6 is 0 Å². The van der Waals surface area contributed by atoms with Crippen LogP contribution < -0.4 is 0 Å². The molecule has 1 spiro atoms. The third kappa shape index (κ3) is 1.90. The lowest BCUT2D eigenvalue weighted by atomic mass is 9.64. The zero-order chi connectivity index (χ0) is 21.6. The van der Waals surface area contributed by atoms with Crippen LogP contribution in [0.5, 0.6) is 0 Å². The third-order valence-electron chi connectivity index (χ3n) is 7.40. The molecular formula is C30H17N3. The van der Waals surface area contributed by atoms with E-state index in [4.69, 9.17) is 9.97 Å². The van der Waals surface area contributed by atoms with E-state index in [-0.39, 0.29) is 0 Å². The Labute approximate surface area is 190 Å². The molecule has 0 aliphatic heterocycles. The first-order chi connectivity index (χ1) is 16.4. The van der Waals surface area contributed by atoms with Crippen LogP contribution in [-0.4, -0.2) is 15.0 Å². The van der Waals surface area contributed by atoms with Crippen LogP contribution in [0.4, 0.5) is 0 Å². The van der Waals surface area contributed by atoms with Gasteiger partial charge in [0, 0.05) is 40.5 Å². The number of rotatable bonds is 0. The van der Waals surface area contributed by atoms with Gasteiger partial charge in [0.25, 0.3) is 0 Å². The van der Waals surface area contributed by atoms with Gasteiger partial charge in [-0.1, -0.05) is 66.7 Å². The van der Waals surface area contributed by atoms with E-state index < -0.39 is 5.41 Å². The molecule has 0 saturated carbocycles. The quantitative estimate of drug-likeness (QED) is 0.263. The molecule has 0 unspecified atom stereocenters. The Bertz CT molecular complexity index is 1740. The van der Waals surface area contributed by atoms with Crippen LogP contribution in [0.2, 0.25) is 0 Å². The molecule has 3 aromatic heterocycles. The molecule has 152 valence electrons. The molecule has 0 saturated heterocycles. The van der Waals surface area contributed by atoms with E-state index >= 15 is 0 Å². The predicted octanol–water partition coefficient (Wildman–Crippen LogP) is 6.52. The van der Waals surface area contributed by atoms with Crippen molar-refractivity contribution in [2.45, 2.75) is 5.41 Å². The van der Waals surface area contributed by atoms with Crippen molar-refractivity contribution in [2.75, 3.05) is 0 Å². The highest BCUT2D eigenvalue weighted by molar-refractivity contribution is 6.14.